The minimum atomic E-state index is -0.819. The SMILES string of the molecule is O=C(Cc1ccc(F)cc1)NC(=O)Nc1ccc(Oc2ccncc2-c2ccc(N3CCNCC3)cc2)c(F)c1. The average molecular weight is 544 g/mol. The smallest absolute Gasteiger partial charge is 0.325 e. The third-order valence-corrected chi connectivity index (χ3v) is 6.38. The number of urea groups is 1. The maximum absolute atomic E-state index is 14.9. The number of hydrogen-bond acceptors (Lipinski definition) is 6. The Morgan fingerprint density at radius 3 is 2.40 bits per heavy atom. The van der Waals surface area contributed by atoms with Crippen molar-refractivity contribution in [3.8, 4) is 22.6 Å². The second kappa shape index (κ2) is 12.4. The Hall–Kier alpha value is -4.83. The van der Waals surface area contributed by atoms with Gasteiger partial charge in [-0.05, 0) is 53.6 Å². The van der Waals surface area contributed by atoms with Crippen LogP contribution in [0.1, 0.15) is 5.56 Å². The number of aromatic nitrogens is 1. The Balaban J connectivity index is 1.22. The van der Waals surface area contributed by atoms with Gasteiger partial charge in [0.25, 0.3) is 0 Å². The fraction of sp³-hybridized carbons (Fsp3) is 0.167. The number of anilines is 2. The monoisotopic (exact) mass is 543 g/mol. The van der Waals surface area contributed by atoms with Gasteiger partial charge in [0.2, 0.25) is 5.91 Å². The molecule has 1 aromatic heterocycles. The summed E-state index contributed by atoms with van der Waals surface area (Å²) in [7, 11) is 0. The first-order valence-electron chi connectivity index (χ1n) is 12.8. The second-order valence-electron chi connectivity index (χ2n) is 9.21. The largest absolute Gasteiger partial charge is 0.454 e. The highest BCUT2D eigenvalue weighted by Crippen LogP contribution is 2.35. The van der Waals surface area contributed by atoms with E-state index in [0.717, 1.165) is 43.5 Å². The molecule has 1 aliphatic rings. The van der Waals surface area contributed by atoms with Crippen LogP contribution >= 0.6 is 0 Å². The molecule has 5 rings (SSSR count). The summed E-state index contributed by atoms with van der Waals surface area (Å²) in [6.07, 6.45) is 3.12. The molecule has 4 aromatic rings. The second-order valence-corrected chi connectivity index (χ2v) is 9.21. The summed E-state index contributed by atoms with van der Waals surface area (Å²) in [6.45, 7) is 3.78. The molecule has 10 heteroatoms. The van der Waals surface area contributed by atoms with Gasteiger partial charge in [-0.3, -0.25) is 15.1 Å². The van der Waals surface area contributed by atoms with E-state index in [0.29, 0.717) is 16.9 Å². The summed E-state index contributed by atoms with van der Waals surface area (Å²) in [6, 6.07) is 18.2. The van der Waals surface area contributed by atoms with Gasteiger partial charge < -0.3 is 20.3 Å². The van der Waals surface area contributed by atoms with Gasteiger partial charge in [-0.15, -0.1) is 0 Å². The first-order valence-corrected chi connectivity index (χ1v) is 12.8. The molecule has 0 radical (unpaired) electrons. The number of hydrogen-bond donors (Lipinski definition) is 3. The number of rotatable bonds is 7. The molecule has 0 bridgehead atoms. The van der Waals surface area contributed by atoms with Crippen LogP contribution in [0.15, 0.2) is 85.2 Å². The zero-order chi connectivity index (χ0) is 27.9. The Bertz CT molecular complexity index is 1490. The van der Waals surface area contributed by atoms with Crippen LogP contribution in [-0.4, -0.2) is 43.1 Å². The predicted molar refractivity (Wildman–Crippen MR) is 148 cm³/mol. The lowest BCUT2D eigenvalue weighted by Crippen LogP contribution is -2.43. The molecule has 3 aromatic carbocycles. The van der Waals surface area contributed by atoms with Crippen LogP contribution in [0.2, 0.25) is 0 Å². The molecule has 0 unspecified atom stereocenters. The lowest BCUT2D eigenvalue weighted by Gasteiger charge is -2.29. The number of nitrogens with zero attached hydrogens (tertiary/aromatic N) is 2. The zero-order valence-corrected chi connectivity index (χ0v) is 21.5. The lowest BCUT2D eigenvalue weighted by atomic mass is 10.1. The molecule has 3 N–H and O–H groups in total. The van der Waals surface area contributed by atoms with Gasteiger partial charge in [-0.2, -0.15) is 0 Å². The van der Waals surface area contributed by atoms with E-state index in [-0.39, 0.29) is 17.9 Å². The van der Waals surface area contributed by atoms with E-state index < -0.39 is 23.6 Å². The number of pyridine rings is 1. The van der Waals surface area contributed by atoms with Gasteiger partial charge in [0, 0.05) is 61.6 Å². The lowest BCUT2D eigenvalue weighted by molar-refractivity contribution is -0.119. The summed E-state index contributed by atoms with van der Waals surface area (Å²) in [5.41, 5.74) is 3.39. The number of piperazine rings is 1. The highest BCUT2D eigenvalue weighted by molar-refractivity contribution is 6.01. The van der Waals surface area contributed by atoms with Crippen molar-refractivity contribution in [2.75, 3.05) is 36.4 Å². The van der Waals surface area contributed by atoms with Crippen LogP contribution in [-0.2, 0) is 11.2 Å². The number of benzene rings is 3. The average Bonchev–Trinajstić information content (AvgIpc) is 2.96. The maximum Gasteiger partial charge on any atom is 0.325 e. The van der Waals surface area contributed by atoms with Gasteiger partial charge >= 0.3 is 6.03 Å². The fourth-order valence-corrected chi connectivity index (χ4v) is 4.36. The molecule has 1 saturated heterocycles. The van der Waals surface area contributed by atoms with E-state index >= 15 is 0 Å². The molecule has 0 saturated carbocycles. The highest BCUT2D eigenvalue weighted by atomic mass is 19.1. The number of halogens is 2. The van der Waals surface area contributed by atoms with Gasteiger partial charge in [0.15, 0.2) is 11.6 Å². The topological polar surface area (TPSA) is 95.6 Å². The van der Waals surface area contributed by atoms with Crippen molar-refractivity contribution in [3.63, 3.8) is 0 Å². The van der Waals surface area contributed by atoms with Crippen molar-refractivity contribution < 1.29 is 23.1 Å². The molecule has 1 fully saturated rings. The number of carbonyl (C=O) groups is 2. The van der Waals surface area contributed by atoms with Crippen LogP contribution < -0.4 is 25.6 Å². The number of carbonyl (C=O) groups excluding carboxylic acids is 2. The zero-order valence-electron chi connectivity index (χ0n) is 21.5. The van der Waals surface area contributed by atoms with Gasteiger partial charge in [-0.1, -0.05) is 24.3 Å². The minimum Gasteiger partial charge on any atom is -0.454 e. The number of amides is 3. The first-order chi connectivity index (χ1) is 19.4. The molecule has 0 spiro atoms. The van der Waals surface area contributed by atoms with E-state index in [1.165, 1.54) is 36.4 Å². The highest BCUT2D eigenvalue weighted by Gasteiger charge is 2.15. The Labute approximate surface area is 230 Å². The minimum absolute atomic E-state index is 0.0387. The number of nitrogens with one attached hydrogen (secondary N) is 3. The number of imide groups is 1. The van der Waals surface area contributed by atoms with Crippen molar-refractivity contribution in [1.82, 2.24) is 15.6 Å². The summed E-state index contributed by atoms with van der Waals surface area (Å²) >= 11 is 0. The molecule has 204 valence electrons. The summed E-state index contributed by atoms with van der Waals surface area (Å²) < 4.78 is 33.9. The molecular weight excluding hydrogens is 516 g/mol. The third-order valence-electron chi connectivity index (χ3n) is 6.38. The summed E-state index contributed by atoms with van der Waals surface area (Å²) in [4.78, 5) is 30.8. The molecule has 0 aliphatic carbocycles. The standard InChI is InChI=1S/C30H27F2N5O3/c31-22-5-1-20(2-6-22)17-29(38)36-30(39)35-23-7-10-28(26(32)18-23)40-27-11-12-34-19-25(27)21-3-8-24(9-4-21)37-15-13-33-14-16-37/h1-12,18-19,33H,13-17H2,(H2,35,36,38,39). The van der Waals surface area contributed by atoms with Crippen LogP contribution in [0.4, 0.5) is 25.0 Å². The van der Waals surface area contributed by atoms with Crippen molar-refractivity contribution in [2.45, 2.75) is 6.42 Å². The van der Waals surface area contributed by atoms with E-state index in [1.54, 1.807) is 18.5 Å². The quantitative estimate of drug-likeness (QED) is 0.300. The third kappa shape index (κ3) is 6.78. The van der Waals surface area contributed by atoms with Gasteiger partial charge in [-0.25, -0.2) is 13.6 Å². The summed E-state index contributed by atoms with van der Waals surface area (Å²) in [5.74, 6) is -1.32. The fourth-order valence-electron chi connectivity index (χ4n) is 4.36. The first kappa shape index (κ1) is 26.8. The van der Waals surface area contributed by atoms with Gasteiger partial charge in [0.1, 0.15) is 11.6 Å². The van der Waals surface area contributed by atoms with Crippen LogP contribution in [0.3, 0.4) is 0 Å². The molecule has 2 heterocycles. The van der Waals surface area contributed by atoms with Crippen molar-refractivity contribution in [1.29, 1.82) is 0 Å². The molecule has 0 atom stereocenters. The molecule has 40 heavy (non-hydrogen) atoms. The van der Waals surface area contributed by atoms with Crippen molar-refractivity contribution in [2.24, 2.45) is 0 Å². The molecular formula is C30H27F2N5O3. The van der Waals surface area contributed by atoms with E-state index in [2.05, 4.69) is 25.8 Å². The van der Waals surface area contributed by atoms with Crippen LogP contribution in [0.25, 0.3) is 11.1 Å². The van der Waals surface area contributed by atoms with Crippen LogP contribution in [0, 0.1) is 11.6 Å². The Kier molecular flexibility index (Phi) is 8.26. The molecule has 3 amide bonds. The Morgan fingerprint density at radius 1 is 0.925 bits per heavy atom. The van der Waals surface area contributed by atoms with Gasteiger partial charge in [0.05, 0.1) is 6.42 Å². The Morgan fingerprint density at radius 2 is 1.68 bits per heavy atom. The van der Waals surface area contributed by atoms with Crippen molar-refractivity contribution in [3.05, 3.63) is 102 Å². The maximum atomic E-state index is 14.9. The van der Waals surface area contributed by atoms with E-state index in [9.17, 15) is 18.4 Å². The normalized spacial score (nSPS) is 13.0. The molecule has 1 aliphatic heterocycles. The van der Waals surface area contributed by atoms with Crippen molar-refractivity contribution >= 4 is 23.3 Å². The van der Waals surface area contributed by atoms with E-state index in [4.69, 9.17) is 4.74 Å². The molecule has 8 nitrogen and oxygen atoms in total. The number of ether oxygens (including phenoxy) is 1. The summed E-state index contributed by atoms with van der Waals surface area (Å²) in [5, 5.41) is 7.93. The predicted octanol–water partition coefficient (Wildman–Crippen LogP) is 5.12. The van der Waals surface area contributed by atoms with Crippen LogP contribution in [0.5, 0.6) is 11.5 Å². The van der Waals surface area contributed by atoms with E-state index in [1.807, 2.05) is 24.3 Å².